The third kappa shape index (κ3) is 6.07. The summed E-state index contributed by atoms with van der Waals surface area (Å²) in [5.41, 5.74) is 1.05. The van der Waals surface area contributed by atoms with Crippen molar-refractivity contribution < 1.29 is 4.79 Å². The first-order valence-corrected chi connectivity index (χ1v) is 6.68. The first kappa shape index (κ1) is 19.2. The van der Waals surface area contributed by atoms with E-state index in [-0.39, 0.29) is 36.8 Å². The Morgan fingerprint density at radius 2 is 2.35 bits per heavy atom. The van der Waals surface area contributed by atoms with Gasteiger partial charge in [-0.2, -0.15) is 0 Å². The van der Waals surface area contributed by atoms with Crippen molar-refractivity contribution in [3.8, 4) is 0 Å². The lowest BCUT2D eigenvalue weighted by atomic mass is 10.1. The van der Waals surface area contributed by atoms with Gasteiger partial charge >= 0.3 is 0 Å². The molecule has 1 aromatic heterocycles. The Morgan fingerprint density at radius 3 is 2.95 bits per heavy atom. The molecule has 0 saturated carbocycles. The van der Waals surface area contributed by atoms with Crippen LogP contribution in [-0.4, -0.2) is 23.5 Å². The highest BCUT2D eigenvalue weighted by Gasteiger charge is 2.16. The Labute approximate surface area is 132 Å². The van der Waals surface area contributed by atoms with Crippen LogP contribution in [-0.2, 0) is 4.79 Å². The highest BCUT2D eigenvalue weighted by Crippen LogP contribution is 2.13. The van der Waals surface area contributed by atoms with Crippen LogP contribution in [0.5, 0.6) is 0 Å². The second-order valence-corrected chi connectivity index (χ2v) is 4.91. The monoisotopic (exact) mass is 319 g/mol. The van der Waals surface area contributed by atoms with E-state index in [1.165, 1.54) is 12.8 Å². The number of rotatable bonds is 5. The molecule has 0 aliphatic carbocycles. The molecule has 0 radical (unpaired) electrons. The van der Waals surface area contributed by atoms with Gasteiger partial charge in [-0.25, -0.2) is 0 Å². The summed E-state index contributed by atoms with van der Waals surface area (Å²) < 4.78 is 0. The number of halogens is 2. The first-order chi connectivity index (χ1) is 8.75. The highest BCUT2D eigenvalue weighted by molar-refractivity contribution is 5.85. The van der Waals surface area contributed by atoms with Crippen LogP contribution in [0.4, 0.5) is 0 Å². The van der Waals surface area contributed by atoms with E-state index in [1.807, 2.05) is 19.1 Å². The van der Waals surface area contributed by atoms with Gasteiger partial charge in [-0.1, -0.05) is 6.07 Å². The molecule has 1 aliphatic rings. The zero-order chi connectivity index (χ0) is 12.8. The Balaban J connectivity index is 0.00000180. The number of pyridine rings is 1. The van der Waals surface area contributed by atoms with Gasteiger partial charge < -0.3 is 10.6 Å². The average molecular weight is 320 g/mol. The molecule has 1 aromatic rings. The SMILES string of the molecule is C[C@H](NC(=O)CCC1CCCN1)c1cccnc1.Cl.Cl. The van der Waals surface area contributed by atoms with Crippen molar-refractivity contribution >= 4 is 30.7 Å². The Kier molecular flexibility index (Phi) is 9.55. The third-order valence-electron chi connectivity index (χ3n) is 3.44. The van der Waals surface area contributed by atoms with Gasteiger partial charge in [0.1, 0.15) is 0 Å². The maximum Gasteiger partial charge on any atom is 0.220 e. The minimum atomic E-state index is 0. The normalized spacial score (nSPS) is 18.6. The van der Waals surface area contributed by atoms with Gasteiger partial charge in [-0.05, 0) is 44.4 Å². The minimum absolute atomic E-state index is 0. The van der Waals surface area contributed by atoms with Crippen molar-refractivity contribution in [2.45, 2.75) is 44.7 Å². The fraction of sp³-hybridized carbons (Fsp3) is 0.571. The molecular weight excluding hydrogens is 297 g/mol. The van der Waals surface area contributed by atoms with E-state index in [0.717, 1.165) is 18.5 Å². The zero-order valence-corrected chi connectivity index (χ0v) is 13.3. The molecular formula is C14H23Cl2N3O. The summed E-state index contributed by atoms with van der Waals surface area (Å²) >= 11 is 0. The molecule has 6 heteroatoms. The molecule has 0 spiro atoms. The van der Waals surface area contributed by atoms with Crippen molar-refractivity contribution in [3.63, 3.8) is 0 Å². The van der Waals surface area contributed by atoms with E-state index in [4.69, 9.17) is 0 Å². The van der Waals surface area contributed by atoms with E-state index >= 15 is 0 Å². The summed E-state index contributed by atoms with van der Waals surface area (Å²) in [7, 11) is 0. The van der Waals surface area contributed by atoms with Crippen LogP contribution in [0.1, 0.15) is 44.2 Å². The van der Waals surface area contributed by atoms with E-state index < -0.39 is 0 Å². The standard InChI is InChI=1S/C14H21N3O.2ClH/c1-11(12-4-2-8-15-10-12)17-14(18)7-6-13-5-3-9-16-13;;/h2,4,8,10-11,13,16H,3,5-7,9H2,1H3,(H,17,18);2*1H/t11-,13?;;/m0../s1. The van der Waals surface area contributed by atoms with Crippen molar-refractivity contribution in [1.29, 1.82) is 0 Å². The minimum Gasteiger partial charge on any atom is -0.350 e. The van der Waals surface area contributed by atoms with Crippen LogP contribution < -0.4 is 10.6 Å². The molecule has 4 nitrogen and oxygen atoms in total. The summed E-state index contributed by atoms with van der Waals surface area (Å²) in [6.45, 7) is 3.08. The van der Waals surface area contributed by atoms with Gasteiger partial charge in [0.25, 0.3) is 0 Å². The number of amides is 1. The van der Waals surface area contributed by atoms with Crippen molar-refractivity contribution in [1.82, 2.24) is 15.6 Å². The molecule has 0 bridgehead atoms. The van der Waals surface area contributed by atoms with Crippen molar-refractivity contribution in [2.75, 3.05) is 6.54 Å². The van der Waals surface area contributed by atoms with Crippen LogP contribution in [0, 0.1) is 0 Å². The van der Waals surface area contributed by atoms with Gasteiger partial charge in [-0.15, -0.1) is 24.8 Å². The first-order valence-electron chi connectivity index (χ1n) is 6.68. The van der Waals surface area contributed by atoms with Crippen LogP contribution in [0.15, 0.2) is 24.5 Å². The largest absolute Gasteiger partial charge is 0.350 e. The van der Waals surface area contributed by atoms with Crippen LogP contribution in [0.2, 0.25) is 0 Å². The van der Waals surface area contributed by atoms with E-state index in [2.05, 4.69) is 15.6 Å². The lowest BCUT2D eigenvalue weighted by Gasteiger charge is -2.15. The van der Waals surface area contributed by atoms with E-state index in [9.17, 15) is 4.79 Å². The average Bonchev–Trinajstić information content (AvgIpc) is 2.90. The van der Waals surface area contributed by atoms with Gasteiger partial charge in [-0.3, -0.25) is 9.78 Å². The Morgan fingerprint density at radius 1 is 1.55 bits per heavy atom. The summed E-state index contributed by atoms with van der Waals surface area (Å²) in [5.74, 6) is 0.125. The second-order valence-electron chi connectivity index (χ2n) is 4.91. The smallest absolute Gasteiger partial charge is 0.220 e. The molecule has 1 fully saturated rings. The van der Waals surface area contributed by atoms with Crippen LogP contribution >= 0.6 is 24.8 Å². The topological polar surface area (TPSA) is 54.0 Å². The predicted molar refractivity (Wildman–Crippen MR) is 85.5 cm³/mol. The zero-order valence-electron chi connectivity index (χ0n) is 11.7. The van der Waals surface area contributed by atoms with Crippen LogP contribution in [0.3, 0.4) is 0 Å². The molecule has 1 aliphatic heterocycles. The number of carbonyl (C=O) groups excluding carboxylic acids is 1. The maximum atomic E-state index is 11.8. The lowest BCUT2D eigenvalue weighted by Crippen LogP contribution is -2.29. The number of nitrogens with zero attached hydrogens (tertiary/aromatic N) is 1. The number of carbonyl (C=O) groups is 1. The van der Waals surface area contributed by atoms with Gasteiger partial charge in [0.2, 0.25) is 5.91 Å². The van der Waals surface area contributed by atoms with Crippen molar-refractivity contribution in [3.05, 3.63) is 30.1 Å². The molecule has 2 atom stereocenters. The molecule has 20 heavy (non-hydrogen) atoms. The summed E-state index contributed by atoms with van der Waals surface area (Å²) in [4.78, 5) is 15.9. The molecule has 2 N–H and O–H groups in total. The van der Waals surface area contributed by atoms with Gasteiger partial charge in [0.15, 0.2) is 0 Å². The Bertz CT molecular complexity index is 383. The molecule has 1 saturated heterocycles. The van der Waals surface area contributed by atoms with Crippen LogP contribution in [0.25, 0.3) is 0 Å². The molecule has 1 amide bonds. The van der Waals surface area contributed by atoms with Gasteiger partial charge in [0.05, 0.1) is 6.04 Å². The molecule has 0 aromatic carbocycles. The molecule has 1 unspecified atom stereocenters. The highest BCUT2D eigenvalue weighted by atomic mass is 35.5. The second kappa shape index (κ2) is 9.97. The predicted octanol–water partition coefficient (Wildman–Crippen LogP) is 2.63. The molecule has 2 heterocycles. The molecule has 114 valence electrons. The number of aromatic nitrogens is 1. The fourth-order valence-corrected chi connectivity index (χ4v) is 2.34. The summed E-state index contributed by atoms with van der Waals surface area (Å²) in [6.07, 6.45) is 7.50. The number of nitrogens with one attached hydrogen (secondary N) is 2. The van der Waals surface area contributed by atoms with E-state index in [1.54, 1.807) is 12.4 Å². The van der Waals surface area contributed by atoms with Gasteiger partial charge in [0, 0.05) is 24.9 Å². The third-order valence-corrected chi connectivity index (χ3v) is 3.44. The summed E-state index contributed by atoms with van der Waals surface area (Å²) in [6, 6.07) is 4.43. The van der Waals surface area contributed by atoms with E-state index in [0.29, 0.717) is 12.5 Å². The lowest BCUT2D eigenvalue weighted by molar-refractivity contribution is -0.121. The Hall–Kier alpha value is -0.840. The number of hydrogen-bond acceptors (Lipinski definition) is 3. The number of hydrogen-bond donors (Lipinski definition) is 2. The van der Waals surface area contributed by atoms with Crippen molar-refractivity contribution in [2.24, 2.45) is 0 Å². The quantitative estimate of drug-likeness (QED) is 0.877. The fourth-order valence-electron chi connectivity index (χ4n) is 2.34. The molecule has 2 rings (SSSR count). The maximum absolute atomic E-state index is 11.8. The summed E-state index contributed by atoms with van der Waals surface area (Å²) in [5, 5.41) is 6.42.